The molecule has 0 atom stereocenters. The first-order chi connectivity index (χ1) is 14.3. The number of unbranched alkanes of at least 4 members (excludes halogenated alkanes) is 9. The van der Waals surface area contributed by atoms with Gasteiger partial charge in [-0.15, -0.1) is 0 Å². The van der Waals surface area contributed by atoms with Crippen LogP contribution in [0.25, 0.3) is 0 Å². The summed E-state index contributed by atoms with van der Waals surface area (Å²) < 4.78 is 11.5. The molecule has 0 aliphatic carbocycles. The lowest BCUT2D eigenvalue weighted by Crippen LogP contribution is -2.24. The van der Waals surface area contributed by atoms with Gasteiger partial charge < -0.3 is 14.8 Å². The van der Waals surface area contributed by atoms with Gasteiger partial charge in [-0.2, -0.15) is 0 Å². The van der Waals surface area contributed by atoms with Crippen molar-refractivity contribution < 1.29 is 14.3 Å². The van der Waals surface area contributed by atoms with Crippen molar-refractivity contribution in [2.75, 3.05) is 19.8 Å². The van der Waals surface area contributed by atoms with E-state index in [0.717, 1.165) is 43.9 Å². The Hall–Kier alpha value is -1.71. The van der Waals surface area contributed by atoms with E-state index in [0.29, 0.717) is 13.0 Å². The minimum atomic E-state index is 0.103. The fourth-order valence-corrected chi connectivity index (χ4v) is 3.19. The normalized spacial score (nSPS) is 10.7. The highest BCUT2D eigenvalue weighted by Crippen LogP contribution is 2.18. The molecule has 1 N–H and O–H groups in total. The van der Waals surface area contributed by atoms with Crippen molar-refractivity contribution in [1.82, 2.24) is 5.32 Å². The Morgan fingerprint density at radius 2 is 1.17 bits per heavy atom. The first-order valence-corrected chi connectivity index (χ1v) is 11.9. The van der Waals surface area contributed by atoms with Gasteiger partial charge in [0.2, 0.25) is 5.91 Å². The molecular formula is C25H43NO3. The van der Waals surface area contributed by atoms with E-state index in [1.54, 1.807) is 0 Å². The van der Waals surface area contributed by atoms with Crippen LogP contribution in [0.4, 0.5) is 0 Å². The van der Waals surface area contributed by atoms with Gasteiger partial charge in [0.05, 0.1) is 13.2 Å². The number of rotatable bonds is 19. The van der Waals surface area contributed by atoms with Gasteiger partial charge in [-0.25, -0.2) is 0 Å². The summed E-state index contributed by atoms with van der Waals surface area (Å²) in [5.74, 6) is 1.82. The summed E-state index contributed by atoms with van der Waals surface area (Å²) >= 11 is 0. The van der Waals surface area contributed by atoms with Crippen molar-refractivity contribution in [3.8, 4) is 11.5 Å². The van der Waals surface area contributed by atoms with E-state index in [-0.39, 0.29) is 5.91 Å². The maximum absolute atomic E-state index is 11.5. The van der Waals surface area contributed by atoms with E-state index < -0.39 is 0 Å². The van der Waals surface area contributed by atoms with Crippen LogP contribution < -0.4 is 14.8 Å². The van der Waals surface area contributed by atoms with E-state index in [1.807, 2.05) is 31.2 Å². The summed E-state index contributed by atoms with van der Waals surface area (Å²) in [6.07, 6.45) is 15.6. The second-order valence-corrected chi connectivity index (χ2v) is 7.80. The molecule has 0 saturated heterocycles. The van der Waals surface area contributed by atoms with E-state index in [4.69, 9.17) is 9.47 Å². The zero-order valence-corrected chi connectivity index (χ0v) is 18.8. The third-order valence-electron chi connectivity index (χ3n) is 4.98. The zero-order valence-electron chi connectivity index (χ0n) is 18.8. The third kappa shape index (κ3) is 14.9. The Bertz CT molecular complexity index is 501. The lowest BCUT2D eigenvalue weighted by atomic mass is 10.1. The molecule has 166 valence electrons. The predicted molar refractivity (Wildman–Crippen MR) is 122 cm³/mol. The van der Waals surface area contributed by atoms with Gasteiger partial charge in [0.25, 0.3) is 0 Å². The number of benzene rings is 1. The van der Waals surface area contributed by atoms with Crippen LogP contribution in [0.5, 0.6) is 11.5 Å². The minimum absolute atomic E-state index is 0.103. The molecule has 0 aromatic heterocycles. The molecule has 0 spiro atoms. The SMILES string of the molecule is CCCCCCCCCCCCOc1ccc(OCCCC(=O)NCCC)cc1. The van der Waals surface area contributed by atoms with E-state index in [1.165, 1.54) is 57.8 Å². The smallest absolute Gasteiger partial charge is 0.220 e. The number of carbonyl (C=O) groups is 1. The van der Waals surface area contributed by atoms with Crippen molar-refractivity contribution in [1.29, 1.82) is 0 Å². The molecule has 0 saturated carbocycles. The number of ether oxygens (including phenoxy) is 2. The van der Waals surface area contributed by atoms with Crippen LogP contribution in [0.2, 0.25) is 0 Å². The standard InChI is InChI=1S/C25H43NO3/c1-3-5-6-7-8-9-10-11-12-13-21-28-23-16-18-24(19-17-23)29-22-14-15-25(27)26-20-4-2/h16-19H,3-15,20-22H2,1-2H3,(H,26,27). The van der Waals surface area contributed by atoms with Gasteiger partial charge in [-0.05, 0) is 43.5 Å². The van der Waals surface area contributed by atoms with Gasteiger partial charge in [-0.3, -0.25) is 4.79 Å². The highest BCUT2D eigenvalue weighted by atomic mass is 16.5. The Morgan fingerprint density at radius 1 is 0.690 bits per heavy atom. The maximum atomic E-state index is 11.5. The van der Waals surface area contributed by atoms with Crippen LogP contribution in [-0.4, -0.2) is 25.7 Å². The van der Waals surface area contributed by atoms with Gasteiger partial charge in [0.1, 0.15) is 11.5 Å². The van der Waals surface area contributed by atoms with Gasteiger partial charge >= 0.3 is 0 Å². The molecular weight excluding hydrogens is 362 g/mol. The van der Waals surface area contributed by atoms with Gasteiger partial charge in [0.15, 0.2) is 0 Å². The molecule has 0 radical (unpaired) electrons. The van der Waals surface area contributed by atoms with Crippen LogP contribution in [-0.2, 0) is 4.79 Å². The molecule has 4 heteroatoms. The van der Waals surface area contributed by atoms with Gasteiger partial charge in [-0.1, -0.05) is 71.6 Å². The molecule has 1 rings (SSSR count). The number of hydrogen-bond donors (Lipinski definition) is 1. The van der Waals surface area contributed by atoms with E-state index in [2.05, 4.69) is 12.2 Å². The average molecular weight is 406 g/mol. The van der Waals surface area contributed by atoms with Crippen molar-refractivity contribution >= 4 is 5.91 Å². The number of carbonyl (C=O) groups excluding carboxylic acids is 1. The first kappa shape index (κ1) is 25.3. The Balaban J connectivity index is 1.98. The summed E-state index contributed by atoms with van der Waals surface area (Å²) in [6.45, 7) is 6.40. The summed E-state index contributed by atoms with van der Waals surface area (Å²) in [6, 6.07) is 7.79. The van der Waals surface area contributed by atoms with Crippen LogP contribution in [0.3, 0.4) is 0 Å². The minimum Gasteiger partial charge on any atom is -0.494 e. The highest BCUT2D eigenvalue weighted by molar-refractivity contribution is 5.75. The monoisotopic (exact) mass is 405 g/mol. The average Bonchev–Trinajstić information content (AvgIpc) is 2.74. The van der Waals surface area contributed by atoms with Crippen molar-refractivity contribution in [2.24, 2.45) is 0 Å². The van der Waals surface area contributed by atoms with Crippen molar-refractivity contribution in [3.63, 3.8) is 0 Å². The number of amides is 1. The fourth-order valence-electron chi connectivity index (χ4n) is 3.19. The molecule has 0 unspecified atom stereocenters. The molecule has 0 heterocycles. The fraction of sp³-hybridized carbons (Fsp3) is 0.720. The van der Waals surface area contributed by atoms with Crippen LogP contribution in [0.15, 0.2) is 24.3 Å². The Morgan fingerprint density at radius 3 is 1.69 bits per heavy atom. The summed E-state index contributed by atoms with van der Waals surface area (Å²) in [5, 5.41) is 2.87. The second kappa shape index (κ2) is 18.3. The molecule has 0 fully saturated rings. The molecule has 0 aliphatic heterocycles. The molecule has 4 nitrogen and oxygen atoms in total. The van der Waals surface area contributed by atoms with Gasteiger partial charge in [0, 0.05) is 13.0 Å². The van der Waals surface area contributed by atoms with E-state index >= 15 is 0 Å². The predicted octanol–water partition coefficient (Wildman–Crippen LogP) is 6.67. The summed E-state index contributed by atoms with van der Waals surface area (Å²) in [5.41, 5.74) is 0. The summed E-state index contributed by atoms with van der Waals surface area (Å²) in [4.78, 5) is 11.5. The summed E-state index contributed by atoms with van der Waals surface area (Å²) in [7, 11) is 0. The quantitative estimate of drug-likeness (QED) is 0.261. The van der Waals surface area contributed by atoms with Crippen molar-refractivity contribution in [3.05, 3.63) is 24.3 Å². The number of hydrogen-bond acceptors (Lipinski definition) is 3. The molecule has 0 bridgehead atoms. The van der Waals surface area contributed by atoms with E-state index in [9.17, 15) is 4.79 Å². The third-order valence-corrected chi connectivity index (χ3v) is 4.98. The number of nitrogens with one attached hydrogen (secondary N) is 1. The lowest BCUT2D eigenvalue weighted by Gasteiger charge is -2.09. The largest absolute Gasteiger partial charge is 0.494 e. The Kier molecular flexibility index (Phi) is 16.0. The maximum Gasteiger partial charge on any atom is 0.220 e. The van der Waals surface area contributed by atoms with Crippen molar-refractivity contribution in [2.45, 2.75) is 97.3 Å². The molecule has 1 amide bonds. The Labute approximate surface area is 178 Å². The highest BCUT2D eigenvalue weighted by Gasteiger charge is 2.01. The van der Waals surface area contributed by atoms with Crippen LogP contribution >= 0.6 is 0 Å². The van der Waals surface area contributed by atoms with Crippen LogP contribution in [0, 0.1) is 0 Å². The molecule has 1 aromatic carbocycles. The topological polar surface area (TPSA) is 47.6 Å². The lowest BCUT2D eigenvalue weighted by molar-refractivity contribution is -0.121. The molecule has 1 aromatic rings. The zero-order chi connectivity index (χ0) is 21.0. The second-order valence-electron chi connectivity index (χ2n) is 7.80. The first-order valence-electron chi connectivity index (χ1n) is 11.9. The van der Waals surface area contributed by atoms with Crippen LogP contribution in [0.1, 0.15) is 97.3 Å². The molecule has 0 aliphatic rings. The molecule has 29 heavy (non-hydrogen) atoms.